The zero-order valence-corrected chi connectivity index (χ0v) is 16.3. The third-order valence-electron chi connectivity index (χ3n) is 5.47. The number of nitrogens with zero attached hydrogens (tertiary/aromatic N) is 6. The van der Waals surface area contributed by atoms with Crippen molar-refractivity contribution < 1.29 is 4.42 Å². The van der Waals surface area contributed by atoms with Crippen LogP contribution in [-0.4, -0.2) is 62.0 Å². The van der Waals surface area contributed by atoms with Crippen molar-refractivity contribution in [3.8, 4) is 12.1 Å². The molecule has 2 aliphatic rings. The standard InChI is InChI=1S/C20H28N6O/c1-16-5-8-25(9-6-16)15-18-3-4-19(27-18)24(2)11-12-26-10-7-23-20(26)17(13-21)14-22/h3-4,16-17H,5-12,15H2,1-2H3. The lowest BCUT2D eigenvalue weighted by Crippen LogP contribution is -2.38. The van der Waals surface area contributed by atoms with Crippen molar-refractivity contribution in [1.29, 1.82) is 10.5 Å². The number of amidine groups is 1. The molecule has 7 nitrogen and oxygen atoms in total. The van der Waals surface area contributed by atoms with Gasteiger partial charge in [-0.15, -0.1) is 0 Å². The number of hydrogen-bond donors (Lipinski definition) is 0. The van der Waals surface area contributed by atoms with E-state index in [1.807, 2.05) is 30.2 Å². The first-order chi connectivity index (χ1) is 13.1. The smallest absolute Gasteiger partial charge is 0.195 e. The summed E-state index contributed by atoms with van der Waals surface area (Å²) < 4.78 is 6.04. The molecular formula is C20H28N6O. The van der Waals surface area contributed by atoms with Crippen molar-refractivity contribution in [3.05, 3.63) is 17.9 Å². The second kappa shape index (κ2) is 8.92. The summed E-state index contributed by atoms with van der Waals surface area (Å²) in [6.45, 7) is 8.36. The van der Waals surface area contributed by atoms with Gasteiger partial charge in [0.2, 0.25) is 0 Å². The van der Waals surface area contributed by atoms with Crippen LogP contribution in [0, 0.1) is 34.5 Å². The highest BCUT2D eigenvalue weighted by Gasteiger charge is 2.25. The Labute approximate surface area is 161 Å². The molecule has 1 aromatic rings. The molecule has 0 N–H and O–H groups in total. The molecular weight excluding hydrogens is 340 g/mol. The Hall–Kier alpha value is -2.51. The largest absolute Gasteiger partial charge is 0.444 e. The van der Waals surface area contributed by atoms with E-state index in [2.05, 4.69) is 27.8 Å². The van der Waals surface area contributed by atoms with Crippen LogP contribution in [0.1, 0.15) is 25.5 Å². The summed E-state index contributed by atoms with van der Waals surface area (Å²) in [5.74, 6) is 2.52. The summed E-state index contributed by atoms with van der Waals surface area (Å²) in [4.78, 5) is 10.9. The van der Waals surface area contributed by atoms with Crippen molar-refractivity contribution in [2.24, 2.45) is 16.8 Å². The molecule has 0 aromatic carbocycles. The molecule has 1 aromatic heterocycles. The Bertz CT molecular complexity index is 720. The fraction of sp³-hybridized carbons (Fsp3) is 0.650. The van der Waals surface area contributed by atoms with Crippen LogP contribution >= 0.6 is 0 Å². The number of rotatable bonds is 7. The number of hydrogen-bond acceptors (Lipinski definition) is 7. The van der Waals surface area contributed by atoms with Gasteiger partial charge in [0, 0.05) is 32.7 Å². The molecule has 27 heavy (non-hydrogen) atoms. The topological polar surface area (TPSA) is 82.8 Å². The number of likely N-dealkylation sites (tertiary alicyclic amines) is 1. The second-order valence-electron chi connectivity index (χ2n) is 7.54. The molecule has 7 heteroatoms. The lowest BCUT2D eigenvalue weighted by Gasteiger charge is -2.29. The van der Waals surface area contributed by atoms with E-state index in [1.54, 1.807) is 0 Å². The van der Waals surface area contributed by atoms with Crippen molar-refractivity contribution in [2.45, 2.75) is 26.3 Å². The summed E-state index contributed by atoms with van der Waals surface area (Å²) in [7, 11) is 2.00. The first-order valence-electron chi connectivity index (χ1n) is 9.71. The molecule has 0 spiro atoms. The van der Waals surface area contributed by atoms with Crippen LogP contribution in [0.5, 0.6) is 0 Å². The van der Waals surface area contributed by atoms with Gasteiger partial charge in [0.25, 0.3) is 0 Å². The predicted molar refractivity (Wildman–Crippen MR) is 104 cm³/mol. The predicted octanol–water partition coefficient (Wildman–Crippen LogP) is 2.33. The van der Waals surface area contributed by atoms with Gasteiger partial charge in [0.05, 0.1) is 25.2 Å². The molecule has 3 rings (SSSR count). The molecule has 0 bridgehead atoms. The number of furan rings is 1. The first-order valence-corrected chi connectivity index (χ1v) is 9.71. The normalized spacial score (nSPS) is 18.4. The molecule has 0 radical (unpaired) electrons. The minimum atomic E-state index is -0.778. The van der Waals surface area contributed by atoms with Gasteiger partial charge in [-0.25, -0.2) is 0 Å². The molecule has 3 heterocycles. The van der Waals surface area contributed by atoms with Crippen LogP contribution in [0.2, 0.25) is 0 Å². The molecule has 0 unspecified atom stereocenters. The Balaban J connectivity index is 1.50. The van der Waals surface area contributed by atoms with Gasteiger partial charge in [-0.05, 0) is 37.9 Å². The molecule has 1 fully saturated rings. The maximum absolute atomic E-state index is 9.10. The van der Waals surface area contributed by atoms with Crippen molar-refractivity contribution in [2.75, 3.05) is 51.2 Å². The van der Waals surface area contributed by atoms with Gasteiger partial charge < -0.3 is 14.2 Å². The first kappa shape index (κ1) is 19.3. The lowest BCUT2D eigenvalue weighted by atomic mass is 9.99. The SMILES string of the molecule is CC1CCN(Cc2ccc(N(C)CCN3CCN=C3C(C#N)C#N)o2)CC1. The van der Waals surface area contributed by atoms with E-state index in [-0.39, 0.29) is 0 Å². The Kier molecular flexibility index (Phi) is 6.36. The average Bonchev–Trinajstić information content (AvgIpc) is 3.33. The van der Waals surface area contributed by atoms with Crippen molar-refractivity contribution >= 4 is 11.7 Å². The van der Waals surface area contributed by atoms with E-state index in [0.717, 1.165) is 56.8 Å². The van der Waals surface area contributed by atoms with Gasteiger partial charge in [0.1, 0.15) is 11.6 Å². The van der Waals surface area contributed by atoms with Crippen LogP contribution in [0.3, 0.4) is 0 Å². The fourth-order valence-corrected chi connectivity index (χ4v) is 3.62. The summed E-state index contributed by atoms with van der Waals surface area (Å²) in [6.07, 6.45) is 2.53. The summed E-state index contributed by atoms with van der Waals surface area (Å²) in [5.41, 5.74) is 0. The monoisotopic (exact) mass is 368 g/mol. The Morgan fingerprint density at radius 1 is 1.26 bits per heavy atom. The molecule has 0 amide bonds. The number of anilines is 1. The second-order valence-corrected chi connectivity index (χ2v) is 7.54. The molecule has 0 saturated carbocycles. The van der Waals surface area contributed by atoms with Crippen LogP contribution < -0.4 is 4.90 Å². The van der Waals surface area contributed by atoms with Gasteiger partial charge in [-0.3, -0.25) is 9.89 Å². The quantitative estimate of drug-likeness (QED) is 0.734. The van der Waals surface area contributed by atoms with Crippen LogP contribution in [-0.2, 0) is 6.54 Å². The minimum Gasteiger partial charge on any atom is -0.444 e. The molecule has 0 aliphatic carbocycles. The third kappa shape index (κ3) is 4.81. The summed E-state index contributed by atoms with van der Waals surface area (Å²) in [5, 5.41) is 18.2. The number of nitriles is 2. The van der Waals surface area contributed by atoms with Gasteiger partial charge in [0.15, 0.2) is 11.8 Å². The van der Waals surface area contributed by atoms with Gasteiger partial charge in [-0.2, -0.15) is 10.5 Å². The average molecular weight is 368 g/mol. The van der Waals surface area contributed by atoms with E-state index < -0.39 is 5.92 Å². The molecule has 2 aliphatic heterocycles. The van der Waals surface area contributed by atoms with Crippen molar-refractivity contribution in [1.82, 2.24) is 9.80 Å². The van der Waals surface area contributed by atoms with Gasteiger partial charge >= 0.3 is 0 Å². The number of piperidine rings is 1. The number of aliphatic imine (C=N–C) groups is 1. The van der Waals surface area contributed by atoms with Crippen LogP contribution in [0.25, 0.3) is 0 Å². The molecule has 144 valence electrons. The van der Waals surface area contributed by atoms with Crippen LogP contribution in [0.15, 0.2) is 21.5 Å². The maximum Gasteiger partial charge on any atom is 0.195 e. The van der Waals surface area contributed by atoms with E-state index in [4.69, 9.17) is 14.9 Å². The maximum atomic E-state index is 9.10. The number of likely N-dealkylation sites (N-methyl/N-ethyl adjacent to an activating group) is 1. The lowest BCUT2D eigenvalue weighted by molar-refractivity contribution is 0.174. The molecule has 0 atom stereocenters. The molecule has 1 saturated heterocycles. The highest BCUT2D eigenvalue weighted by molar-refractivity contribution is 5.90. The fourth-order valence-electron chi connectivity index (χ4n) is 3.62. The minimum absolute atomic E-state index is 0.605. The summed E-state index contributed by atoms with van der Waals surface area (Å²) >= 11 is 0. The van der Waals surface area contributed by atoms with E-state index in [1.165, 1.54) is 12.8 Å². The highest BCUT2D eigenvalue weighted by Crippen LogP contribution is 2.22. The van der Waals surface area contributed by atoms with Crippen molar-refractivity contribution in [3.63, 3.8) is 0 Å². The zero-order valence-electron chi connectivity index (χ0n) is 16.3. The Morgan fingerprint density at radius 2 is 2.00 bits per heavy atom. The van der Waals surface area contributed by atoms with Gasteiger partial charge in [-0.1, -0.05) is 6.92 Å². The van der Waals surface area contributed by atoms with E-state index in [9.17, 15) is 0 Å². The third-order valence-corrected chi connectivity index (χ3v) is 5.47. The Morgan fingerprint density at radius 3 is 2.70 bits per heavy atom. The van der Waals surface area contributed by atoms with Crippen LogP contribution in [0.4, 0.5) is 5.88 Å². The van der Waals surface area contributed by atoms with E-state index >= 15 is 0 Å². The highest BCUT2D eigenvalue weighted by atomic mass is 16.4. The van der Waals surface area contributed by atoms with E-state index in [0.29, 0.717) is 12.4 Å². The zero-order chi connectivity index (χ0) is 19.2. The summed E-state index contributed by atoms with van der Waals surface area (Å²) in [6, 6.07) is 8.12.